The predicted molar refractivity (Wildman–Crippen MR) is 101 cm³/mol. The van der Waals surface area contributed by atoms with Crippen LogP contribution in [0.15, 0.2) is 55.1 Å². The molecule has 1 aromatic carbocycles. The van der Waals surface area contributed by atoms with Gasteiger partial charge in [-0.05, 0) is 36.8 Å². The summed E-state index contributed by atoms with van der Waals surface area (Å²) in [6, 6.07) is 11.6. The molecule has 0 saturated heterocycles. The first-order valence-corrected chi connectivity index (χ1v) is 8.27. The third-order valence-electron chi connectivity index (χ3n) is 3.93. The van der Waals surface area contributed by atoms with Gasteiger partial charge in [0, 0.05) is 24.1 Å². The van der Waals surface area contributed by atoms with Crippen LogP contribution < -0.4 is 10.6 Å². The van der Waals surface area contributed by atoms with E-state index in [1.807, 2.05) is 23.8 Å². The lowest BCUT2D eigenvalue weighted by Crippen LogP contribution is -2.17. The van der Waals surface area contributed by atoms with E-state index in [4.69, 9.17) is 5.26 Å². The Hall–Kier alpha value is -3.93. The summed E-state index contributed by atoms with van der Waals surface area (Å²) in [5.74, 6) is 0.618. The highest BCUT2D eigenvalue weighted by Gasteiger charge is 2.18. The SMILES string of the molecule is CCC(Nc1ccc([N+](=O)[O-])c(Nc2ccc(C#N)cc2)n1)n1ccnc1. The molecule has 27 heavy (non-hydrogen) atoms. The Bertz CT molecular complexity index is 962. The number of anilines is 3. The molecule has 0 aliphatic rings. The number of rotatable bonds is 7. The van der Waals surface area contributed by atoms with E-state index in [1.165, 1.54) is 6.07 Å². The molecule has 3 aromatic rings. The Balaban J connectivity index is 1.88. The van der Waals surface area contributed by atoms with Crippen LogP contribution in [0.2, 0.25) is 0 Å². The lowest BCUT2D eigenvalue weighted by atomic mass is 10.2. The first kappa shape index (κ1) is 17.9. The number of nitrogens with zero attached hydrogens (tertiary/aromatic N) is 5. The molecule has 0 saturated carbocycles. The van der Waals surface area contributed by atoms with Crippen LogP contribution in [0.3, 0.4) is 0 Å². The molecule has 0 spiro atoms. The summed E-state index contributed by atoms with van der Waals surface area (Å²) in [5.41, 5.74) is 0.966. The highest BCUT2D eigenvalue weighted by atomic mass is 16.6. The topological polar surface area (TPSA) is 122 Å². The Labute approximate surface area is 155 Å². The van der Waals surface area contributed by atoms with Crippen LogP contribution in [0, 0.1) is 21.4 Å². The second-order valence-corrected chi connectivity index (χ2v) is 5.71. The van der Waals surface area contributed by atoms with E-state index in [1.54, 1.807) is 42.9 Å². The third-order valence-corrected chi connectivity index (χ3v) is 3.93. The molecule has 1 unspecified atom stereocenters. The molecule has 9 heteroatoms. The van der Waals surface area contributed by atoms with Crippen LogP contribution >= 0.6 is 0 Å². The summed E-state index contributed by atoms with van der Waals surface area (Å²) in [5, 5.41) is 26.4. The van der Waals surface area contributed by atoms with Crippen molar-refractivity contribution in [2.75, 3.05) is 10.6 Å². The lowest BCUT2D eigenvalue weighted by molar-refractivity contribution is -0.384. The van der Waals surface area contributed by atoms with Gasteiger partial charge in [0.15, 0.2) is 0 Å². The molecule has 0 aliphatic carbocycles. The average Bonchev–Trinajstić information content (AvgIpc) is 3.21. The van der Waals surface area contributed by atoms with Gasteiger partial charge in [0.2, 0.25) is 5.82 Å². The molecule has 136 valence electrons. The molecular weight excluding hydrogens is 346 g/mol. The van der Waals surface area contributed by atoms with Gasteiger partial charge < -0.3 is 15.2 Å². The summed E-state index contributed by atoms with van der Waals surface area (Å²) in [6.07, 6.45) is 5.91. The van der Waals surface area contributed by atoms with Crippen LogP contribution in [0.4, 0.5) is 23.0 Å². The zero-order chi connectivity index (χ0) is 19.2. The second kappa shape index (κ2) is 7.97. The number of pyridine rings is 1. The van der Waals surface area contributed by atoms with E-state index in [2.05, 4.69) is 20.6 Å². The quantitative estimate of drug-likeness (QED) is 0.483. The fraction of sp³-hybridized carbons (Fsp3) is 0.167. The van der Waals surface area contributed by atoms with E-state index in [9.17, 15) is 10.1 Å². The highest BCUT2D eigenvalue weighted by Crippen LogP contribution is 2.28. The van der Waals surface area contributed by atoms with Crippen LogP contribution in [-0.2, 0) is 0 Å². The maximum Gasteiger partial charge on any atom is 0.311 e. The van der Waals surface area contributed by atoms with E-state index < -0.39 is 4.92 Å². The first-order valence-electron chi connectivity index (χ1n) is 8.27. The van der Waals surface area contributed by atoms with Gasteiger partial charge in [-0.3, -0.25) is 10.1 Å². The van der Waals surface area contributed by atoms with Gasteiger partial charge in [0.1, 0.15) is 12.0 Å². The van der Waals surface area contributed by atoms with Crippen molar-refractivity contribution < 1.29 is 4.92 Å². The maximum atomic E-state index is 11.3. The number of aromatic nitrogens is 3. The molecule has 2 heterocycles. The molecule has 2 aromatic heterocycles. The molecule has 0 bridgehead atoms. The molecule has 0 amide bonds. The van der Waals surface area contributed by atoms with E-state index in [0.717, 1.165) is 6.42 Å². The number of nitriles is 1. The maximum absolute atomic E-state index is 11.3. The second-order valence-electron chi connectivity index (χ2n) is 5.71. The van der Waals surface area contributed by atoms with Gasteiger partial charge in [0.25, 0.3) is 0 Å². The van der Waals surface area contributed by atoms with Crippen LogP contribution in [0.1, 0.15) is 25.1 Å². The van der Waals surface area contributed by atoms with Gasteiger partial charge in [-0.1, -0.05) is 6.92 Å². The lowest BCUT2D eigenvalue weighted by Gasteiger charge is -2.19. The first-order chi connectivity index (χ1) is 13.1. The van der Waals surface area contributed by atoms with Crippen LogP contribution in [0.25, 0.3) is 0 Å². The molecule has 0 aliphatic heterocycles. The summed E-state index contributed by atoms with van der Waals surface area (Å²) in [4.78, 5) is 19.3. The van der Waals surface area contributed by atoms with Crippen molar-refractivity contribution in [1.82, 2.24) is 14.5 Å². The van der Waals surface area contributed by atoms with Gasteiger partial charge in [-0.15, -0.1) is 0 Å². The van der Waals surface area contributed by atoms with Crippen molar-refractivity contribution in [3.05, 3.63) is 70.8 Å². The fourth-order valence-corrected chi connectivity index (χ4v) is 2.55. The van der Waals surface area contributed by atoms with Crippen molar-refractivity contribution in [3.63, 3.8) is 0 Å². The Morgan fingerprint density at radius 2 is 2.07 bits per heavy atom. The third kappa shape index (κ3) is 4.19. The summed E-state index contributed by atoms with van der Waals surface area (Å²) < 4.78 is 1.90. The minimum Gasteiger partial charge on any atom is -0.350 e. The van der Waals surface area contributed by atoms with Crippen molar-refractivity contribution in [3.8, 4) is 6.07 Å². The standard InChI is InChI=1S/C18H17N7O2/c1-2-17(24-10-9-20-12-24)22-16-8-7-15(25(26)27)18(23-16)21-14-5-3-13(11-19)4-6-14/h3-10,12,17H,2H2,1H3,(H2,21,22,23). The summed E-state index contributed by atoms with van der Waals surface area (Å²) in [7, 11) is 0. The van der Waals surface area contributed by atoms with E-state index >= 15 is 0 Å². The molecular formula is C18H17N7O2. The number of hydrogen-bond acceptors (Lipinski definition) is 7. The molecule has 2 N–H and O–H groups in total. The summed E-state index contributed by atoms with van der Waals surface area (Å²) >= 11 is 0. The highest BCUT2D eigenvalue weighted by molar-refractivity contribution is 5.68. The van der Waals surface area contributed by atoms with Gasteiger partial charge in [-0.2, -0.15) is 5.26 Å². The van der Waals surface area contributed by atoms with E-state index in [0.29, 0.717) is 17.1 Å². The molecule has 0 radical (unpaired) electrons. The van der Waals surface area contributed by atoms with Crippen LogP contribution in [-0.4, -0.2) is 19.5 Å². The van der Waals surface area contributed by atoms with Crippen molar-refractivity contribution in [2.45, 2.75) is 19.5 Å². The number of benzene rings is 1. The number of hydrogen-bond donors (Lipinski definition) is 2. The smallest absolute Gasteiger partial charge is 0.311 e. The average molecular weight is 363 g/mol. The minimum atomic E-state index is -0.490. The largest absolute Gasteiger partial charge is 0.350 e. The minimum absolute atomic E-state index is 0.0794. The molecule has 9 nitrogen and oxygen atoms in total. The number of nitrogens with one attached hydrogen (secondary N) is 2. The molecule has 0 fully saturated rings. The monoisotopic (exact) mass is 363 g/mol. The number of nitro groups is 1. The zero-order valence-corrected chi connectivity index (χ0v) is 14.5. The molecule has 1 atom stereocenters. The Morgan fingerprint density at radius 1 is 1.30 bits per heavy atom. The van der Waals surface area contributed by atoms with Crippen molar-refractivity contribution in [2.24, 2.45) is 0 Å². The normalized spacial score (nSPS) is 11.4. The van der Waals surface area contributed by atoms with Crippen molar-refractivity contribution in [1.29, 1.82) is 5.26 Å². The Kier molecular flexibility index (Phi) is 5.28. The van der Waals surface area contributed by atoms with Gasteiger partial charge >= 0.3 is 5.69 Å². The van der Waals surface area contributed by atoms with Gasteiger partial charge in [-0.25, -0.2) is 9.97 Å². The zero-order valence-electron chi connectivity index (χ0n) is 14.5. The summed E-state index contributed by atoms with van der Waals surface area (Å²) in [6.45, 7) is 2.01. The fourth-order valence-electron chi connectivity index (χ4n) is 2.55. The van der Waals surface area contributed by atoms with Crippen molar-refractivity contribution >= 4 is 23.0 Å². The van der Waals surface area contributed by atoms with Crippen LogP contribution in [0.5, 0.6) is 0 Å². The number of imidazole rings is 1. The van der Waals surface area contributed by atoms with Gasteiger partial charge in [0.05, 0.1) is 22.9 Å². The molecule has 3 rings (SSSR count). The van der Waals surface area contributed by atoms with E-state index in [-0.39, 0.29) is 17.7 Å². The Morgan fingerprint density at radius 3 is 2.67 bits per heavy atom. The predicted octanol–water partition coefficient (Wildman–Crippen LogP) is 3.82.